The first-order chi connectivity index (χ1) is 18.1. The van der Waals surface area contributed by atoms with Crippen molar-refractivity contribution in [2.45, 2.75) is 51.1 Å². The minimum absolute atomic E-state index is 0.0921. The van der Waals surface area contributed by atoms with E-state index in [2.05, 4.69) is 20.3 Å². The number of furan rings is 1. The van der Waals surface area contributed by atoms with E-state index in [1.807, 2.05) is 31.3 Å². The van der Waals surface area contributed by atoms with Gasteiger partial charge < -0.3 is 19.5 Å². The predicted molar refractivity (Wildman–Crippen MR) is 143 cm³/mol. The van der Waals surface area contributed by atoms with Crippen molar-refractivity contribution in [1.29, 1.82) is 5.26 Å². The Bertz CT molecular complexity index is 1360. The van der Waals surface area contributed by atoms with Gasteiger partial charge in [-0.15, -0.1) is 0 Å². The van der Waals surface area contributed by atoms with Crippen LogP contribution in [-0.2, 0) is 19.6 Å². The summed E-state index contributed by atoms with van der Waals surface area (Å²) in [5, 5.41) is 15.8. The maximum atomic E-state index is 13.4. The molecule has 38 heavy (non-hydrogen) atoms. The second kappa shape index (κ2) is 11.8. The van der Waals surface area contributed by atoms with Crippen molar-refractivity contribution in [3.05, 3.63) is 30.0 Å². The van der Waals surface area contributed by atoms with E-state index in [-0.39, 0.29) is 36.9 Å². The molecule has 3 N–H and O–H groups in total. The Morgan fingerprint density at radius 2 is 2.03 bits per heavy atom. The molecule has 0 aliphatic carbocycles. The van der Waals surface area contributed by atoms with Crippen LogP contribution in [0, 0.1) is 18.4 Å². The molecule has 0 spiro atoms. The molecule has 12 nitrogen and oxygen atoms in total. The number of benzene rings is 1. The second-order valence-corrected chi connectivity index (χ2v) is 11.6. The van der Waals surface area contributed by atoms with Gasteiger partial charge >= 0.3 is 0 Å². The van der Waals surface area contributed by atoms with E-state index in [0.29, 0.717) is 31.6 Å². The number of nitrogens with zero attached hydrogens (tertiary/aromatic N) is 4. The number of hydrogen-bond acceptors (Lipinski definition) is 7. The standard InChI is InChI=1S/C25H33N7O5S/c1-17-12-18-13-19(8-9-22(18)37-17)29-25(27-16-26)30-21-7-3-4-10-31(24(21)34)15-23(33)32-11-5-6-20(32)14-28-38(2,35)36/h8-9,12-13,20-21,28H,3-7,10-11,14-15H2,1-2H3,(H2,27,29,30)/t20-,21+/m1/s1. The number of carbonyl (C=O) groups is 2. The van der Waals surface area contributed by atoms with Gasteiger partial charge in [-0.05, 0) is 63.3 Å². The smallest absolute Gasteiger partial charge is 0.247 e. The summed E-state index contributed by atoms with van der Waals surface area (Å²) in [6, 6.07) is 6.39. The van der Waals surface area contributed by atoms with E-state index in [1.54, 1.807) is 11.0 Å². The zero-order valence-corrected chi connectivity index (χ0v) is 22.4. The topological polar surface area (TPSA) is 160 Å². The normalized spacial score (nSPS) is 20.9. The third kappa shape index (κ3) is 7.02. The zero-order chi connectivity index (χ0) is 27.3. The van der Waals surface area contributed by atoms with Gasteiger partial charge in [0.15, 0.2) is 6.19 Å². The fourth-order valence-corrected chi connectivity index (χ4v) is 5.43. The van der Waals surface area contributed by atoms with E-state index < -0.39 is 16.1 Å². The summed E-state index contributed by atoms with van der Waals surface area (Å²) in [6.07, 6.45) is 6.40. The maximum absolute atomic E-state index is 13.4. The average molecular weight is 544 g/mol. The van der Waals surface area contributed by atoms with Crippen molar-refractivity contribution < 1.29 is 22.4 Å². The van der Waals surface area contributed by atoms with E-state index in [1.165, 1.54) is 4.90 Å². The molecule has 0 unspecified atom stereocenters. The molecule has 2 fully saturated rings. The molecule has 0 saturated carbocycles. The Hall–Kier alpha value is -3.63. The van der Waals surface area contributed by atoms with Crippen LogP contribution in [0.3, 0.4) is 0 Å². The molecular weight excluding hydrogens is 510 g/mol. The van der Waals surface area contributed by atoms with E-state index in [4.69, 9.17) is 4.42 Å². The fraction of sp³-hybridized carbons (Fsp3) is 0.520. The number of carbonyl (C=O) groups excluding carboxylic acids is 2. The highest BCUT2D eigenvalue weighted by Gasteiger charge is 2.33. The molecule has 4 rings (SSSR count). The van der Waals surface area contributed by atoms with Crippen LogP contribution in [0.2, 0.25) is 0 Å². The lowest BCUT2D eigenvalue weighted by atomic mass is 10.1. The van der Waals surface area contributed by atoms with Crippen molar-refractivity contribution in [2.24, 2.45) is 4.99 Å². The van der Waals surface area contributed by atoms with Gasteiger partial charge in [-0.2, -0.15) is 5.26 Å². The number of sulfonamides is 1. The average Bonchev–Trinajstić information content (AvgIpc) is 3.44. The van der Waals surface area contributed by atoms with Crippen LogP contribution in [-0.4, -0.2) is 80.5 Å². The van der Waals surface area contributed by atoms with Gasteiger partial charge in [-0.1, -0.05) is 0 Å². The number of fused-ring (bicyclic) bond motifs is 1. The Kier molecular flexibility index (Phi) is 8.53. The van der Waals surface area contributed by atoms with Crippen molar-refractivity contribution in [3.8, 4) is 6.19 Å². The molecule has 13 heteroatoms. The van der Waals surface area contributed by atoms with E-state index in [0.717, 1.165) is 42.2 Å². The predicted octanol–water partition coefficient (Wildman–Crippen LogP) is 1.50. The van der Waals surface area contributed by atoms with Crippen molar-refractivity contribution in [3.63, 3.8) is 0 Å². The second-order valence-electron chi connectivity index (χ2n) is 9.72. The van der Waals surface area contributed by atoms with Crippen LogP contribution in [0.25, 0.3) is 11.0 Å². The Balaban J connectivity index is 1.45. The molecule has 1 aromatic heterocycles. The van der Waals surface area contributed by atoms with E-state index in [9.17, 15) is 23.3 Å². The highest BCUT2D eigenvalue weighted by atomic mass is 32.2. The maximum Gasteiger partial charge on any atom is 0.247 e. The summed E-state index contributed by atoms with van der Waals surface area (Å²) in [6.45, 7) is 2.89. The summed E-state index contributed by atoms with van der Waals surface area (Å²) in [7, 11) is -3.36. The first kappa shape index (κ1) is 27.4. The largest absolute Gasteiger partial charge is 0.461 e. The van der Waals surface area contributed by atoms with Gasteiger partial charge in [0.05, 0.1) is 12.8 Å². The van der Waals surface area contributed by atoms with Crippen LogP contribution in [0.4, 0.5) is 5.69 Å². The van der Waals surface area contributed by atoms with Gasteiger partial charge in [0.1, 0.15) is 17.4 Å². The molecule has 2 aliphatic heterocycles. The van der Waals surface area contributed by atoms with Crippen LogP contribution in [0.5, 0.6) is 0 Å². The Labute approximate surface area is 222 Å². The number of likely N-dealkylation sites (tertiary alicyclic amines) is 2. The third-order valence-electron chi connectivity index (χ3n) is 6.72. The highest BCUT2D eigenvalue weighted by Crippen LogP contribution is 2.23. The molecule has 0 radical (unpaired) electrons. The number of aryl methyl sites for hydroxylation is 1. The fourth-order valence-electron chi connectivity index (χ4n) is 4.93. The van der Waals surface area contributed by atoms with Gasteiger partial charge in [0.25, 0.3) is 0 Å². The number of aliphatic imine (C=N–C) groups is 1. The molecule has 2 amide bonds. The lowest BCUT2D eigenvalue weighted by molar-refractivity contribution is -0.141. The van der Waals surface area contributed by atoms with Crippen molar-refractivity contribution >= 4 is 44.5 Å². The van der Waals surface area contributed by atoms with Gasteiger partial charge in [0, 0.05) is 36.7 Å². The van der Waals surface area contributed by atoms with Gasteiger partial charge in [-0.25, -0.2) is 18.1 Å². The summed E-state index contributed by atoms with van der Waals surface area (Å²) in [5.41, 5.74) is 1.42. The molecule has 2 aliphatic rings. The van der Waals surface area contributed by atoms with Crippen molar-refractivity contribution in [1.82, 2.24) is 19.8 Å². The van der Waals surface area contributed by atoms with Crippen molar-refractivity contribution in [2.75, 3.05) is 37.8 Å². The number of nitriles is 1. The Morgan fingerprint density at radius 1 is 1.21 bits per heavy atom. The number of nitrogens with one attached hydrogen (secondary N) is 3. The first-order valence-electron chi connectivity index (χ1n) is 12.7. The molecule has 2 saturated heterocycles. The molecular formula is C25H33N7O5S. The lowest BCUT2D eigenvalue weighted by Crippen LogP contribution is -2.49. The zero-order valence-electron chi connectivity index (χ0n) is 21.6. The molecule has 1 aromatic carbocycles. The monoisotopic (exact) mass is 543 g/mol. The summed E-state index contributed by atoms with van der Waals surface area (Å²) in [5.74, 6) is 0.440. The number of guanidine groups is 1. The number of amides is 2. The quantitative estimate of drug-likeness (QED) is 0.205. The van der Waals surface area contributed by atoms with E-state index >= 15 is 0 Å². The highest BCUT2D eigenvalue weighted by molar-refractivity contribution is 7.88. The summed E-state index contributed by atoms with van der Waals surface area (Å²) in [4.78, 5) is 34.3. The minimum Gasteiger partial charge on any atom is -0.461 e. The van der Waals surface area contributed by atoms with Gasteiger partial charge in [-0.3, -0.25) is 14.9 Å². The Morgan fingerprint density at radius 3 is 2.79 bits per heavy atom. The molecule has 3 heterocycles. The minimum atomic E-state index is -3.36. The first-order valence-corrected chi connectivity index (χ1v) is 14.5. The molecule has 204 valence electrons. The SMILES string of the molecule is Cc1cc2cc(NC(=N[C@H]3CCCCN(CC(=O)N4CCC[C@@H]4CNS(C)(=O)=O)C3=O)NC#N)ccc2o1. The van der Waals surface area contributed by atoms with Crippen LogP contribution in [0.1, 0.15) is 37.9 Å². The van der Waals surface area contributed by atoms with Crippen LogP contribution in [0.15, 0.2) is 33.7 Å². The summed E-state index contributed by atoms with van der Waals surface area (Å²) < 4.78 is 31.1. The number of anilines is 1. The molecule has 2 atom stereocenters. The van der Waals surface area contributed by atoms with Crippen LogP contribution < -0.4 is 15.4 Å². The molecule has 0 bridgehead atoms. The lowest BCUT2D eigenvalue weighted by Gasteiger charge is -2.29. The number of rotatable bonds is 7. The third-order valence-corrected chi connectivity index (χ3v) is 7.41. The van der Waals surface area contributed by atoms with Crippen LogP contribution >= 0.6 is 0 Å². The van der Waals surface area contributed by atoms with Gasteiger partial charge in [0.2, 0.25) is 27.8 Å². The molecule has 2 aromatic rings. The number of hydrogen-bond donors (Lipinski definition) is 3. The summed E-state index contributed by atoms with van der Waals surface area (Å²) >= 11 is 0.